The van der Waals surface area contributed by atoms with Crippen LogP contribution in [0.5, 0.6) is 5.75 Å². The Morgan fingerprint density at radius 3 is 2.60 bits per heavy atom. The molecular weight excluding hydrogens is 263 g/mol. The molecule has 0 spiro atoms. The zero-order valence-corrected chi connectivity index (χ0v) is 11.0. The van der Waals surface area contributed by atoms with Crippen LogP contribution in [0, 0.1) is 17.8 Å². The first kappa shape index (κ1) is 13.5. The molecule has 1 aromatic rings. The molecule has 1 aliphatic carbocycles. The van der Waals surface area contributed by atoms with E-state index in [2.05, 4.69) is 4.98 Å². The number of Topliss-reactive ketones (excluding diaryl/α,β-unsaturated/α-hetero) is 1. The predicted octanol–water partition coefficient (Wildman–Crippen LogP) is 0.812. The molecule has 1 unspecified atom stereocenters. The van der Waals surface area contributed by atoms with Crippen molar-refractivity contribution in [1.82, 2.24) is 9.88 Å². The Morgan fingerprint density at radius 1 is 1.35 bits per heavy atom. The van der Waals surface area contributed by atoms with Crippen LogP contribution in [0.25, 0.3) is 0 Å². The smallest absolute Gasteiger partial charge is 0.255 e. The van der Waals surface area contributed by atoms with Crippen LogP contribution in [-0.4, -0.2) is 51.6 Å². The summed E-state index contributed by atoms with van der Waals surface area (Å²) in [7, 11) is 0. The summed E-state index contributed by atoms with van der Waals surface area (Å²) in [5, 5.41) is 18.6. The number of aromatic nitrogens is 1. The highest BCUT2D eigenvalue weighted by Gasteiger charge is 2.40. The highest BCUT2D eigenvalue weighted by molar-refractivity contribution is 5.95. The average Bonchev–Trinajstić information content (AvgIpc) is 2.89. The van der Waals surface area contributed by atoms with Crippen LogP contribution in [0.2, 0.25) is 0 Å². The van der Waals surface area contributed by atoms with Gasteiger partial charge in [0.05, 0.1) is 12.6 Å². The molecule has 0 aromatic carbocycles. The minimum Gasteiger partial charge on any atom is -0.504 e. The second kappa shape index (κ2) is 5.10. The van der Waals surface area contributed by atoms with Gasteiger partial charge < -0.3 is 10.2 Å². The Bertz CT molecular complexity index is 523. The van der Waals surface area contributed by atoms with Crippen molar-refractivity contribution in [2.75, 3.05) is 19.6 Å². The second-order valence-electron chi connectivity index (χ2n) is 5.77. The first-order valence-corrected chi connectivity index (χ1v) is 6.82. The summed E-state index contributed by atoms with van der Waals surface area (Å²) in [4.78, 5) is 17.6. The van der Waals surface area contributed by atoms with E-state index in [1.54, 1.807) is 0 Å². The SMILES string of the molecule is O=C(CN1C[C@H]2CC(O)C[C@H]2C1)c1ccc(O)c(F)n1. The van der Waals surface area contributed by atoms with Crippen LogP contribution in [0.15, 0.2) is 12.1 Å². The summed E-state index contributed by atoms with van der Waals surface area (Å²) in [6, 6.07) is 2.48. The van der Waals surface area contributed by atoms with Crippen molar-refractivity contribution in [3.8, 4) is 5.75 Å². The van der Waals surface area contributed by atoms with Gasteiger partial charge in [0.25, 0.3) is 5.95 Å². The van der Waals surface area contributed by atoms with Crippen LogP contribution in [0.4, 0.5) is 4.39 Å². The molecule has 0 amide bonds. The van der Waals surface area contributed by atoms with E-state index in [0.29, 0.717) is 11.8 Å². The largest absolute Gasteiger partial charge is 0.504 e. The lowest BCUT2D eigenvalue weighted by molar-refractivity contribution is 0.0928. The highest BCUT2D eigenvalue weighted by Crippen LogP contribution is 2.37. The third kappa shape index (κ3) is 2.53. The number of nitrogens with zero attached hydrogens (tertiary/aromatic N) is 2. The number of halogens is 1. The van der Waals surface area contributed by atoms with Gasteiger partial charge in [-0.2, -0.15) is 4.39 Å². The number of fused-ring (bicyclic) bond motifs is 1. The number of aromatic hydroxyl groups is 1. The number of hydrogen-bond acceptors (Lipinski definition) is 5. The van der Waals surface area contributed by atoms with Crippen LogP contribution >= 0.6 is 0 Å². The summed E-state index contributed by atoms with van der Waals surface area (Å²) in [5.41, 5.74) is 0.0393. The molecule has 2 fully saturated rings. The number of carbonyl (C=O) groups is 1. The fourth-order valence-electron chi connectivity index (χ4n) is 3.36. The average molecular weight is 280 g/mol. The van der Waals surface area contributed by atoms with Crippen molar-refractivity contribution < 1.29 is 19.4 Å². The van der Waals surface area contributed by atoms with E-state index in [1.807, 2.05) is 4.90 Å². The van der Waals surface area contributed by atoms with E-state index in [0.717, 1.165) is 32.0 Å². The van der Waals surface area contributed by atoms with E-state index < -0.39 is 11.7 Å². The Morgan fingerprint density at radius 2 is 2.00 bits per heavy atom. The standard InChI is InChI=1S/C14H17FN2O3/c15-14-12(19)2-1-11(16-14)13(20)7-17-5-8-3-10(18)4-9(8)6-17/h1-2,8-10,18-19H,3-7H2/t8-,9+,10?. The monoisotopic (exact) mass is 280 g/mol. The van der Waals surface area contributed by atoms with Gasteiger partial charge in [-0.25, -0.2) is 4.98 Å². The molecule has 20 heavy (non-hydrogen) atoms. The number of carbonyl (C=O) groups excluding carboxylic acids is 1. The molecular formula is C14H17FN2O3. The van der Waals surface area contributed by atoms with Crippen LogP contribution in [-0.2, 0) is 0 Å². The zero-order valence-electron chi connectivity index (χ0n) is 11.0. The summed E-state index contributed by atoms with van der Waals surface area (Å²) in [6.07, 6.45) is 1.42. The maximum absolute atomic E-state index is 13.1. The molecule has 6 heteroatoms. The van der Waals surface area contributed by atoms with Crippen molar-refractivity contribution in [2.45, 2.75) is 18.9 Å². The Hall–Kier alpha value is -1.53. The quantitative estimate of drug-likeness (QED) is 0.633. The van der Waals surface area contributed by atoms with Gasteiger partial charge in [0.15, 0.2) is 11.5 Å². The number of pyridine rings is 1. The molecule has 0 radical (unpaired) electrons. The molecule has 108 valence electrons. The fourth-order valence-corrected chi connectivity index (χ4v) is 3.36. The summed E-state index contributed by atoms with van der Waals surface area (Å²) < 4.78 is 13.1. The van der Waals surface area contributed by atoms with Gasteiger partial charge in [0, 0.05) is 13.1 Å². The predicted molar refractivity (Wildman–Crippen MR) is 68.9 cm³/mol. The number of aliphatic hydroxyl groups excluding tert-OH is 1. The van der Waals surface area contributed by atoms with Gasteiger partial charge in [-0.1, -0.05) is 0 Å². The Balaban J connectivity index is 1.61. The van der Waals surface area contributed by atoms with Crippen LogP contribution in [0.1, 0.15) is 23.3 Å². The Labute approximate surface area is 116 Å². The van der Waals surface area contributed by atoms with E-state index in [1.165, 1.54) is 6.07 Å². The van der Waals surface area contributed by atoms with Gasteiger partial charge in [0.2, 0.25) is 0 Å². The molecule has 2 N–H and O–H groups in total. The number of rotatable bonds is 3. The summed E-state index contributed by atoms with van der Waals surface area (Å²) in [5.74, 6) is -0.891. The molecule has 1 aromatic heterocycles. The molecule has 5 nitrogen and oxygen atoms in total. The molecule has 0 bridgehead atoms. The van der Waals surface area contributed by atoms with Crippen molar-refractivity contribution >= 4 is 5.78 Å². The minimum absolute atomic E-state index is 0.0393. The number of likely N-dealkylation sites (tertiary alicyclic amines) is 1. The van der Waals surface area contributed by atoms with Gasteiger partial charge in [-0.3, -0.25) is 9.69 Å². The van der Waals surface area contributed by atoms with E-state index >= 15 is 0 Å². The van der Waals surface area contributed by atoms with Gasteiger partial charge >= 0.3 is 0 Å². The number of aliphatic hydroxyl groups is 1. The maximum atomic E-state index is 13.1. The van der Waals surface area contributed by atoms with Crippen molar-refractivity contribution in [2.24, 2.45) is 11.8 Å². The van der Waals surface area contributed by atoms with Gasteiger partial charge in [-0.05, 0) is 36.8 Å². The normalized spacial score (nSPS) is 29.6. The van der Waals surface area contributed by atoms with Crippen molar-refractivity contribution in [3.05, 3.63) is 23.8 Å². The first-order valence-electron chi connectivity index (χ1n) is 6.82. The highest BCUT2D eigenvalue weighted by atomic mass is 19.1. The zero-order chi connectivity index (χ0) is 14.3. The fraction of sp³-hybridized carbons (Fsp3) is 0.571. The number of ketones is 1. The number of hydrogen-bond donors (Lipinski definition) is 2. The molecule has 3 atom stereocenters. The molecule has 2 heterocycles. The summed E-state index contributed by atoms with van der Waals surface area (Å²) in [6.45, 7) is 1.81. The first-order chi connectivity index (χ1) is 9.52. The van der Waals surface area contributed by atoms with Crippen molar-refractivity contribution in [3.63, 3.8) is 0 Å². The molecule has 1 saturated carbocycles. The van der Waals surface area contributed by atoms with E-state index in [4.69, 9.17) is 5.11 Å². The minimum atomic E-state index is -1.02. The van der Waals surface area contributed by atoms with E-state index in [-0.39, 0.29) is 24.1 Å². The second-order valence-corrected chi connectivity index (χ2v) is 5.77. The topological polar surface area (TPSA) is 73.7 Å². The third-order valence-corrected chi connectivity index (χ3v) is 4.28. The molecule has 1 aliphatic heterocycles. The molecule has 2 aliphatic rings. The molecule has 3 rings (SSSR count). The molecule has 1 saturated heterocycles. The lowest BCUT2D eigenvalue weighted by Gasteiger charge is -2.16. The van der Waals surface area contributed by atoms with Gasteiger partial charge in [-0.15, -0.1) is 0 Å². The van der Waals surface area contributed by atoms with Crippen molar-refractivity contribution in [1.29, 1.82) is 0 Å². The lowest BCUT2D eigenvalue weighted by atomic mass is 10.0. The van der Waals surface area contributed by atoms with E-state index in [9.17, 15) is 14.3 Å². The van der Waals surface area contributed by atoms with Crippen LogP contribution < -0.4 is 0 Å². The van der Waals surface area contributed by atoms with Crippen LogP contribution in [0.3, 0.4) is 0 Å². The summed E-state index contributed by atoms with van der Waals surface area (Å²) >= 11 is 0. The lowest BCUT2D eigenvalue weighted by Crippen LogP contribution is -2.29. The third-order valence-electron chi connectivity index (χ3n) is 4.28. The Kier molecular flexibility index (Phi) is 3.43. The maximum Gasteiger partial charge on any atom is 0.255 e. The van der Waals surface area contributed by atoms with Gasteiger partial charge in [0.1, 0.15) is 5.69 Å².